The highest BCUT2D eigenvalue weighted by molar-refractivity contribution is 8.04. The summed E-state index contributed by atoms with van der Waals surface area (Å²) in [6.07, 6.45) is 27.3. The predicted octanol–water partition coefficient (Wildman–Crippen LogP) is 8.72. The van der Waals surface area contributed by atoms with Crippen molar-refractivity contribution < 1.29 is 0 Å². The van der Waals surface area contributed by atoms with Crippen LogP contribution in [0.2, 0.25) is 0 Å². The number of allylic oxidation sites excluding steroid dienone is 4. The number of nitrogens with zero attached hydrogens (tertiary/aromatic N) is 2. The molecular formula is C27H46N2S. The number of aliphatic imine (C=N–C) groups is 2. The molecule has 0 amide bonds. The van der Waals surface area contributed by atoms with Crippen molar-refractivity contribution in [2.75, 3.05) is 5.75 Å². The molecule has 0 heterocycles. The second-order valence-corrected chi connectivity index (χ2v) is 10.5. The molecule has 3 heteroatoms. The maximum atomic E-state index is 5.05. The quantitative estimate of drug-likeness (QED) is 0.200. The van der Waals surface area contributed by atoms with E-state index >= 15 is 0 Å². The summed E-state index contributed by atoms with van der Waals surface area (Å²) < 4.78 is 0. The fourth-order valence-electron chi connectivity index (χ4n) is 4.28. The van der Waals surface area contributed by atoms with Gasteiger partial charge in [-0.1, -0.05) is 84.0 Å². The summed E-state index contributed by atoms with van der Waals surface area (Å²) in [4.78, 5) is 11.2. The Kier molecular flexibility index (Phi) is 13.5. The highest BCUT2D eigenvalue weighted by atomic mass is 32.2. The van der Waals surface area contributed by atoms with Gasteiger partial charge in [0.25, 0.3) is 0 Å². The Hall–Kier alpha value is -0.830. The largest absolute Gasteiger partial charge is 0.282 e. The third-order valence-electron chi connectivity index (χ3n) is 6.00. The van der Waals surface area contributed by atoms with Gasteiger partial charge >= 0.3 is 0 Å². The number of unbranched alkanes of at least 4 members (excludes halogenated alkanes) is 9. The molecule has 0 aliphatic heterocycles. The highest BCUT2D eigenvalue weighted by Crippen LogP contribution is 2.26. The van der Waals surface area contributed by atoms with E-state index in [0.717, 1.165) is 11.4 Å². The second-order valence-electron chi connectivity index (χ2n) is 9.33. The molecule has 0 spiro atoms. The summed E-state index contributed by atoms with van der Waals surface area (Å²) in [6.45, 7) is 6.62. The lowest BCUT2D eigenvalue weighted by atomic mass is 9.96. The van der Waals surface area contributed by atoms with Gasteiger partial charge in [-0.05, 0) is 57.1 Å². The number of rotatable bonds is 14. The number of hydrogen-bond acceptors (Lipinski definition) is 3. The van der Waals surface area contributed by atoms with Crippen LogP contribution in [0.25, 0.3) is 0 Å². The zero-order chi connectivity index (χ0) is 21.4. The zero-order valence-corrected chi connectivity index (χ0v) is 20.8. The van der Waals surface area contributed by atoms with E-state index in [2.05, 4.69) is 39.0 Å². The fourth-order valence-corrected chi connectivity index (χ4v) is 5.32. The minimum Gasteiger partial charge on any atom is -0.282 e. The van der Waals surface area contributed by atoms with Crippen LogP contribution in [0.4, 0.5) is 0 Å². The summed E-state index contributed by atoms with van der Waals surface area (Å²) in [5.41, 5.74) is 2.32. The van der Waals surface area contributed by atoms with Crippen molar-refractivity contribution in [2.24, 2.45) is 9.98 Å². The molecule has 2 aliphatic carbocycles. The Labute approximate surface area is 191 Å². The normalized spacial score (nSPS) is 20.5. The molecule has 0 atom stereocenters. The van der Waals surface area contributed by atoms with E-state index in [1.165, 1.54) is 107 Å². The molecule has 0 N–H and O–H groups in total. The van der Waals surface area contributed by atoms with Crippen molar-refractivity contribution in [1.29, 1.82) is 0 Å². The highest BCUT2D eigenvalue weighted by Gasteiger charge is 2.15. The lowest BCUT2D eigenvalue weighted by molar-refractivity contribution is 0.444. The molecule has 170 valence electrons. The van der Waals surface area contributed by atoms with E-state index < -0.39 is 0 Å². The number of hydrogen-bond donors (Lipinski definition) is 0. The summed E-state index contributed by atoms with van der Waals surface area (Å²) in [7, 11) is 0. The Morgan fingerprint density at radius 3 is 2.13 bits per heavy atom. The van der Waals surface area contributed by atoms with Crippen LogP contribution >= 0.6 is 11.8 Å². The van der Waals surface area contributed by atoms with Gasteiger partial charge < -0.3 is 0 Å². The van der Waals surface area contributed by atoms with E-state index in [0.29, 0.717) is 12.1 Å². The van der Waals surface area contributed by atoms with Gasteiger partial charge in [-0.3, -0.25) is 9.98 Å². The molecular weight excluding hydrogens is 384 g/mol. The van der Waals surface area contributed by atoms with Crippen LogP contribution in [0, 0.1) is 0 Å². The second kappa shape index (κ2) is 15.9. The molecule has 30 heavy (non-hydrogen) atoms. The van der Waals surface area contributed by atoms with Gasteiger partial charge in [-0.2, -0.15) is 0 Å². The van der Waals surface area contributed by atoms with E-state index in [9.17, 15) is 0 Å². The van der Waals surface area contributed by atoms with Crippen molar-refractivity contribution in [1.82, 2.24) is 0 Å². The van der Waals surface area contributed by atoms with Crippen LogP contribution in [0.3, 0.4) is 0 Å². The Morgan fingerprint density at radius 1 is 0.867 bits per heavy atom. The van der Waals surface area contributed by atoms with Crippen LogP contribution < -0.4 is 0 Å². The SMILES string of the molecule is CCCCCCCCCCCCSC1=CC(=NC2CCCCC2)C=CC1=NC(C)C. The standard InChI is InChI=1S/C27H46N2S/c1-4-5-6-7-8-9-10-11-12-16-21-30-27-22-25(19-20-26(27)28-23(2)3)29-24-17-14-13-15-18-24/h19-20,22-24H,4-18,21H2,1-3H3. The molecule has 2 rings (SSSR count). The Balaban J connectivity index is 1.72. The predicted molar refractivity (Wildman–Crippen MR) is 138 cm³/mol. The maximum absolute atomic E-state index is 5.05. The minimum absolute atomic E-state index is 0.336. The smallest absolute Gasteiger partial charge is 0.0714 e. The Morgan fingerprint density at radius 2 is 1.50 bits per heavy atom. The van der Waals surface area contributed by atoms with Crippen molar-refractivity contribution in [2.45, 2.75) is 129 Å². The van der Waals surface area contributed by atoms with Crippen molar-refractivity contribution in [3.63, 3.8) is 0 Å². The Bertz CT molecular complexity index is 580. The van der Waals surface area contributed by atoms with Gasteiger partial charge in [0.1, 0.15) is 0 Å². The third kappa shape index (κ3) is 11.0. The van der Waals surface area contributed by atoms with Crippen LogP contribution in [-0.4, -0.2) is 29.3 Å². The molecule has 2 nitrogen and oxygen atoms in total. The molecule has 1 fully saturated rings. The summed E-state index contributed by atoms with van der Waals surface area (Å²) in [6, 6.07) is 0.870. The van der Waals surface area contributed by atoms with Crippen LogP contribution in [0.5, 0.6) is 0 Å². The van der Waals surface area contributed by atoms with Crippen LogP contribution in [-0.2, 0) is 0 Å². The minimum atomic E-state index is 0.336. The van der Waals surface area contributed by atoms with E-state index in [4.69, 9.17) is 9.98 Å². The summed E-state index contributed by atoms with van der Waals surface area (Å²) in [5.74, 6) is 1.20. The maximum Gasteiger partial charge on any atom is 0.0714 e. The first-order valence-corrected chi connectivity index (χ1v) is 13.9. The first-order valence-electron chi connectivity index (χ1n) is 12.9. The van der Waals surface area contributed by atoms with E-state index in [1.807, 2.05) is 11.8 Å². The van der Waals surface area contributed by atoms with Crippen molar-refractivity contribution >= 4 is 23.2 Å². The monoisotopic (exact) mass is 430 g/mol. The van der Waals surface area contributed by atoms with Crippen LogP contribution in [0.1, 0.15) is 117 Å². The fraction of sp³-hybridized carbons (Fsp3) is 0.778. The molecule has 0 radical (unpaired) electrons. The van der Waals surface area contributed by atoms with E-state index in [-0.39, 0.29) is 0 Å². The van der Waals surface area contributed by atoms with Crippen molar-refractivity contribution in [3.05, 3.63) is 23.1 Å². The molecule has 2 aliphatic rings. The third-order valence-corrected chi connectivity index (χ3v) is 7.13. The topological polar surface area (TPSA) is 24.7 Å². The molecule has 0 aromatic rings. The summed E-state index contributed by atoms with van der Waals surface area (Å²) in [5, 5.41) is 0. The van der Waals surface area contributed by atoms with Gasteiger partial charge in [0.05, 0.1) is 17.5 Å². The number of thioether (sulfide) groups is 1. The molecule has 0 aromatic carbocycles. The molecule has 0 aromatic heterocycles. The van der Waals surface area contributed by atoms with Gasteiger partial charge in [-0.25, -0.2) is 0 Å². The lowest BCUT2D eigenvalue weighted by Gasteiger charge is -2.19. The molecule has 0 bridgehead atoms. The first-order chi connectivity index (χ1) is 14.7. The molecule has 0 saturated heterocycles. The van der Waals surface area contributed by atoms with Gasteiger partial charge in [0.15, 0.2) is 0 Å². The van der Waals surface area contributed by atoms with Gasteiger partial charge in [-0.15, -0.1) is 11.8 Å². The average Bonchev–Trinajstić information content (AvgIpc) is 2.74. The molecule has 1 saturated carbocycles. The van der Waals surface area contributed by atoms with Gasteiger partial charge in [0.2, 0.25) is 0 Å². The lowest BCUT2D eigenvalue weighted by Crippen LogP contribution is -2.14. The average molecular weight is 431 g/mol. The van der Waals surface area contributed by atoms with Gasteiger partial charge in [0, 0.05) is 10.9 Å². The van der Waals surface area contributed by atoms with E-state index in [1.54, 1.807) is 0 Å². The van der Waals surface area contributed by atoms with Crippen LogP contribution in [0.15, 0.2) is 33.1 Å². The first kappa shape index (κ1) is 25.4. The zero-order valence-electron chi connectivity index (χ0n) is 20.0. The summed E-state index contributed by atoms with van der Waals surface area (Å²) >= 11 is 1.99. The molecule has 0 unspecified atom stereocenters. The van der Waals surface area contributed by atoms with Crippen molar-refractivity contribution in [3.8, 4) is 0 Å².